The summed E-state index contributed by atoms with van der Waals surface area (Å²) in [5.41, 5.74) is 8.08. The fourth-order valence-electron chi connectivity index (χ4n) is 5.08. The number of hydrogen-bond donors (Lipinski definition) is 3. The third-order valence-electron chi connectivity index (χ3n) is 7.13. The van der Waals surface area contributed by atoms with Gasteiger partial charge in [-0.05, 0) is 24.6 Å². The van der Waals surface area contributed by atoms with Crippen LogP contribution in [0.2, 0.25) is 0 Å². The van der Waals surface area contributed by atoms with Crippen LogP contribution in [0.15, 0.2) is 36.8 Å². The van der Waals surface area contributed by atoms with Crippen molar-refractivity contribution in [3.63, 3.8) is 0 Å². The lowest BCUT2D eigenvalue weighted by molar-refractivity contribution is -0.123. The van der Waals surface area contributed by atoms with Gasteiger partial charge in [-0.1, -0.05) is 13.8 Å². The first-order chi connectivity index (χ1) is 17.2. The number of aromatic nitrogens is 3. The lowest BCUT2D eigenvalue weighted by atomic mass is 9.78. The van der Waals surface area contributed by atoms with Gasteiger partial charge in [0.15, 0.2) is 0 Å². The van der Waals surface area contributed by atoms with Crippen LogP contribution in [0.4, 0.5) is 17.2 Å². The minimum absolute atomic E-state index is 0.00465. The van der Waals surface area contributed by atoms with E-state index < -0.39 is 12.0 Å². The van der Waals surface area contributed by atoms with Crippen LogP contribution in [0.3, 0.4) is 0 Å². The second-order valence-electron chi connectivity index (χ2n) is 10.0. The highest BCUT2D eigenvalue weighted by molar-refractivity contribution is 6.03. The number of nitriles is 1. The monoisotopic (exact) mass is 488 g/mol. The van der Waals surface area contributed by atoms with Gasteiger partial charge in [-0.3, -0.25) is 9.59 Å². The number of aliphatic hydroxyl groups excluding tert-OH is 1. The van der Waals surface area contributed by atoms with Crippen molar-refractivity contribution in [1.82, 2.24) is 14.6 Å². The summed E-state index contributed by atoms with van der Waals surface area (Å²) < 4.78 is 1.62. The number of fused-ring (bicyclic) bond motifs is 1. The Hall–Kier alpha value is -4.17. The molecule has 11 heteroatoms. The number of carbonyl (C=O) groups is 2. The standard InChI is InChI=1S/C25H28N8O3/c1-25(2)14-31(21-4-3-15(10-26)11-28-21)7-6-20(25)30-22-17(23(27)35)12-29-33-13-16(9-18(22)33)32-8-5-19(34)24(32)36/h3-4,9,11-13,19-20,30,34H,5-8,14H2,1-2H3,(H2,27,35)/t19-,20-/m1/s1. The highest BCUT2D eigenvalue weighted by atomic mass is 16.3. The van der Waals surface area contributed by atoms with Crippen molar-refractivity contribution < 1.29 is 14.7 Å². The Morgan fingerprint density at radius 1 is 1.28 bits per heavy atom. The molecule has 2 fully saturated rings. The third kappa shape index (κ3) is 4.09. The zero-order valence-corrected chi connectivity index (χ0v) is 20.2. The fourth-order valence-corrected chi connectivity index (χ4v) is 5.08. The lowest BCUT2D eigenvalue weighted by Crippen LogP contribution is -2.52. The van der Waals surface area contributed by atoms with Crippen molar-refractivity contribution in [2.75, 3.05) is 34.8 Å². The SMILES string of the molecule is CC1(C)CN(c2ccc(C#N)cn2)CC[C@H]1Nc1c(C(N)=O)cnn2cc(N3CC[C@@H](O)C3=O)cc12. The number of rotatable bonds is 5. The summed E-state index contributed by atoms with van der Waals surface area (Å²) in [5.74, 6) is -0.126. The van der Waals surface area contributed by atoms with Crippen molar-refractivity contribution in [3.8, 4) is 6.07 Å². The number of carbonyl (C=O) groups excluding carboxylic acids is 2. The van der Waals surface area contributed by atoms with Crippen LogP contribution in [0.1, 0.15) is 42.6 Å². The van der Waals surface area contributed by atoms with Crippen molar-refractivity contribution in [1.29, 1.82) is 5.26 Å². The zero-order valence-electron chi connectivity index (χ0n) is 20.2. The van der Waals surface area contributed by atoms with Crippen LogP contribution < -0.4 is 20.9 Å². The predicted molar refractivity (Wildman–Crippen MR) is 134 cm³/mol. The molecule has 5 heterocycles. The average molecular weight is 489 g/mol. The van der Waals surface area contributed by atoms with Crippen LogP contribution >= 0.6 is 0 Å². The Kier molecular flexibility index (Phi) is 5.76. The third-order valence-corrected chi connectivity index (χ3v) is 7.13. The topological polar surface area (TPSA) is 153 Å². The number of anilines is 3. The molecule has 0 bridgehead atoms. The van der Waals surface area contributed by atoms with E-state index in [9.17, 15) is 14.7 Å². The highest BCUT2D eigenvalue weighted by Gasteiger charge is 2.38. The molecule has 11 nitrogen and oxygen atoms in total. The van der Waals surface area contributed by atoms with E-state index in [4.69, 9.17) is 11.0 Å². The van der Waals surface area contributed by atoms with Crippen LogP contribution in [-0.4, -0.2) is 63.3 Å². The summed E-state index contributed by atoms with van der Waals surface area (Å²) in [6.45, 7) is 6.16. The summed E-state index contributed by atoms with van der Waals surface area (Å²) in [6.07, 6.45) is 4.86. The Labute approximate surface area is 208 Å². The van der Waals surface area contributed by atoms with Gasteiger partial charge in [-0.25, -0.2) is 9.50 Å². The second-order valence-corrected chi connectivity index (χ2v) is 10.0. The molecule has 4 N–H and O–H groups in total. The molecule has 186 valence electrons. The maximum Gasteiger partial charge on any atom is 0.255 e. The van der Waals surface area contributed by atoms with Crippen LogP contribution in [0.5, 0.6) is 0 Å². The summed E-state index contributed by atoms with van der Waals surface area (Å²) in [7, 11) is 0. The Bertz CT molecular complexity index is 1370. The van der Waals surface area contributed by atoms with Crippen molar-refractivity contribution in [2.45, 2.75) is 38.8 Å². The van der Waals surface area contributed by atoms with E-state index >= 15 is 0 Å². The zero-order chi connectivity index (χ0) is 25.6. The van der Waals surface area contributed by atoms with E-state index in [2.05, 4.69) is 40.2 Å². The van der Waals surface area contributed by atoms with Crippen LogP contribution in [0.25, 0.3) is 5.52 Å². The highest BCUT2D eigenvalue weighted by Crippen LogP contribution is 2.36. The van der Waals surface area contributed by atoms with Gasteiger partial charge in [-0.2, -0.15) is 10.4 Å². The molecule has 3 aromatic heterocycles. The second kappa shape index (κ2) is 8.80. The first-order valence-electron chi connectivity index (χ1n) is 11.9. The van der Waals surface area contributed by atoms with Gasteiger partial charge in [0.2, 0.25) is 0 Å². The van der Waals surface area contributed by atoms with Crippen molar-refractivity contribution in [3.05, 3.63) is 47.9 Å². The van der Waals surface area contributed by atoms with Crippen molar-refractivity contribution >= 4 is 34.5 Å². The van der Waals surface area contributed by atoms with Gasteiger partial charge in [0.25, 0.3) is 11.8 Å². The predicted octanol–water partition coefficient (Wildman–Crippen LogP) is 1.51. The molecular weight excluding hydrogens is 460 g/mol. The molecule has 5 rings (SSSR count). The molecule has 0 radical (unpaired) electrons. The molecule has 2 saturated heterocycles. The molecule has 2 aliphatic rings. The smallest absolute Gasteiger partial charge is 0.255 e. The van der Waals surface area contributed by atoms with Gasteiger partial charge >= 0.3 is 0 Å². The number of aliphatic hydroxyl groups is 1. The van der Waals surface area contributed by atoms with E-state index in [-0.39, 0.29) is 22.9 Å². The lowest BCUT2D eigenvalue weighted by Gasteiger charge is -2.45. The number of hydrogen-bond acceptors (Lipinski definition) is 8. The molecule has 0 unspecified atom stereocenters. The number of piperidine rings is 1. The molecule has 2 atom stereocenters. The Morgan fingerprint density at radius 2 is 2.08 bits per heavy atom. The van der Waals surface area contributed by atoms with E-state index in [1.54, 1.807) is 29.0 Å². The Morgan fingerprint density at radius 3 is 2.69 bits per heavy atom. The summed E-state index contributed by atoms with van der Waals surface area (Å²) in [6, 6.07) is 7.51. The molecule has 36 heavy (non-hydrogen) atoms. The molecule has 0 aromatic carbocycles. The fraction of sp³-hybridized carbons (Fsp3) is 0.400. The molecule has 2 amide bonds. The summed E-state index contributed by atoms with van der Waals surface area (Å²) in [4.78, 5) is 32.8. The van der Waals surface area contributed by atoms with Gasteiger partial charge in [0, 0.05) is 43.7 Å². The van der Waals surface area contributed by atoms with Gasteiger partial charge in [0.1, 0.15) is 18.0 Å². The minimum Gasteiger partial charge on any atom is -0.383 e. The van der Waals surface area contributed by atoms with E-state index in [1.807, 2.05) is 6.07 Å². The summed E-state index contributed by atoms with van der Waals surface area (Å²) >= 11 is 0. The number of nitrogens with zero attached hydrogens (tertiary/aromatic N) is 6. The quantitative estimate of drug-likeness (QED) is 0.489. The van der Waals surface area contributed by atoms with Gasteiger partial charge < -0.3 is 26.0 Å². The maximum atomic E-state index is 12.4. The normalized spacial score (nSPS) is 21.6. The van der Waals surface area contributed by atoms with Gasteiger partial charge in [-0.15, -0.1) is 0 Å². The first-order valence-corrected chi connectivity index (χ1v) is 11.9. The molecule has 0 spiro atoms. The molecule has 0 aliphatic carbocycles. The number of nitrogens with one attached hydrogen (secondary N) is 1. The number of pyridine rings is 1. The van der Waals surface area contributed by atoms with Crippen molar-refractivity contribution in [2.24, 2.45) is 11.1 Å². The van der Waals surface area contributed by atoms with E-state index in [0.29, 0.717) is 42.0 Å². The minimum atomic E-state index is -1.00. The van der Waals surface area contributed by atoms with Crippen LogP contribution in [0, 0.1) is 16.7 Å². The first kappa shape index (κ1) is 23.6. The van der Waals surface area contributed by atoms with E-state index in [1.165, 1.54) is 11.1 Å². The maximum absolute atomic E-state index is 12.4. The molecule has 3 aromatic rings. The molecule has 2 aliphatic heterocycles. The number of amides is 2. The molecular formula is C25H28N8O3. The largest absolute Gasteiger partial charge is 0.383 e. The average Bonchev–Trinajstić information content (AvgIpc) is 3.43. The molecule has 0 saturated carbocycles. The Balaban J connectivity index is 1.44. The number of primary amides is 1. The summed E-state index contributed by atoms with van der Waals surface area (Å²) in [5, 5.41) is 26.8. The van der Waals surface area contributed by atoms with E-state index in [0.717, 1.165) is 18.8 Å². The van der Waals surface area contributed by atoms with Crippen LogP contribution in [-0.2, 0) is 4.79 Å². The van der Waals surface area contributed by atoms with Gasteiger partial charge in [0.05, 0.1) is 40.4 Å². The number of nitrogens with two attached hydrogens (primary N) is 1.